The smallest absolute Gasteiger partial charge is 0.232 e. The Morgan fingerprint density at radius 2 is 1.91 bits per heavy atom. The van der Waals surface area contributed by atoms with E-state index in [9.17, 15) is 4.79 Å². The molecular weight excluding hydrogens is 160 g/mol. The lowest BCUT2D eigenvalue weighted by Gasteiger charge is -2.32. The molecule has 0 aromatic heterocycles. The van der Waals surface area contributed by atoms with Gasteiger partial charge in [0.2, 0.25) is 5.91 Å². The zero-order valence-electron chi connectivity index (χ0n) is 6.79. The van der Waals surface area contributed by atoms with Crippen molar-refractivity contribution < 1.29 is 4.79 Å². The molecule has 4 heteroatoms. The van der Waals surface area contributed by atoms with E-state index in [1.165, 1.54) is 0 Å². The van der Waals surface area contributed by atoms with Crippen molar-refractivity contribution in [3.8, 4) is 0 Å². The van der Waals surface area contributed by atoms with Crippen LogP contribution in [0.5, 0.6) is 0 Å². The van der Waals surface area contributed by atoms with E-state index >= 15 is 0 Å². The molecule has 1 saturated heterocycles. The Kier molecular flexibility index (Phi) is 3.20. The summed E-state index contributed by atoms with van der Waals surface area (Å²) in [6.07, 6.45) is 0. The minimum Gasteiger partial charge on any atom is -0.339 e. The number of carbonyl (C=O) groups excluding carboxylic acids is 1. The van der Waals surface area contributed by atoms with Crippen LogP contribution in [0.15, 0.2) is 0 Å². The van der Waals surface area contributed by atoms with Gasteiger partial charge in [-0.15, -0.1) is 0 Å². The summed E-state index contributed by atoms with van der Waals surface area (Å²) < 4.78 is 0. The Morgan fingerprint density at radius 3 is 2.36 bits per heavy atom. The Balaban J connectivity index is 2.33. The predicted octanol–water partition coefficient (Wildman–Crippen LogP) is -0.310. The van der Waals surface area contributed by atoms with Crippen LogP contribution in [-0.4, -0.2) is 54.7 Å². The number of carbonyl (C=O) groups is 1. The molecule has 0 aromatic rings. The number of nitrogens with zero attached hydrogens (tertiary/aromatic N) is 2. The fourth-order valence-electron chi connectivity index (χ4n) is 1.16. The van der Waals surface area contributed by atoms with Gasteiger partial charge in [-0.3, -0.25) is 4.79 Å². The fourth-order valence-corrected chi connectivity index (χ4v) is 1.36. The molecule has 1 fully saturated rings. The number of amides is 1. The maximum absolute atomic E-state index is 11.1. The summed E-state index contributed by atoms with van der Waals surface area (Å²) in [5, 5.41) is 0. The molecule has 3 nitrogen and oxygen atoms in total. The Labute approximate surface area is 72.8 Å². The summed E-state index contributed by atoms with van der Waals surface area (Å²) in [5.41, 5.74) is 0. The van der Waals surface area contributed by atoms with Gasteiger partial charge in [0.05, 0.1) is 5.75 Å². The molecule has 0 atom stereocenters. The van der Waals surface area contributed by atoms with Crippen molar-refractivity contribution in [2.24, 2.45) is 0 Å². The Hall–Kier alpha value is -0.220. The number of rotatable bonds is 1. The van der Waals surface area contributed by atoms with Crippen LogP contribution in [0.2, 0.25) is 0 Å². The third kappa shape index (κ3) is 2.38. The van der Waals surface area contributed by atoms with E-state index in [0.29, 0.717) is 5.75 Å². The summed E-state index contributed by atoms with van der Waals surface area (Å²) in [6, 6.07) is 0. The Bertz CT molecular complexity index is 143. The van der Waals surface area contributed by atoms with Crippen molar-refractivity contribution in [1.29, 1.82) is 0 Å². The van der Waals surface area contributed by atoms with Crippen LogP contribution in [0.1, 0.15) is 0 Å². The standard InChI is InChI=1S/C7H14N2OS/c1-8-2-4-9(5-3-8)7(10)6-11/h11H,2-6H2,1H3. The summed E-state index contributed by atoms with van der Waals surface area (Å²) in [4.78, 5) is 15.2. The summed E-state index contributed by atoms with van der Waals surface area (Å²) in [6.45, 7) is 3.69. The van der Waals surface area contributed by atoms with E-state index in [2.05, 4.69) is 24.6 Å². The van der Waals surface area contributed by atoms with E-state index in [1.807, 2.05) is 4.90 Å². The average molecular weight is 174 g/mol. The van der Waals surface area contributed by atoms with Gasteiger partial charge in [-0.05, 0) is 7.05 Å². The van der Waals surface area contributed by atoms with Crippen molar-refractivity contribution in [2.75, 3.05) is 39.0 Å². The van der Waals surface area contributed by atoms with Gasteiger partial charge >= 0.3 is 0 Å². The molecule has 1 rings (SSSR count). The van der Waals surface area contributed by atoms with Crippen LogP contribution >= 0.6 is 12.6 Å². The molecule has 0 saturated carbocycles. The maximum atomic E-state index is 11.1. The molecule has 1 amide bonds. The molecule has 0 aromatic carbocycles. The molecule has 0 unspecified atom stereocenters. The molecule has 0 N–H and O–H groups in total. The summed E-state index contributed by atoms with van der Waals surface area (Å²) in [5.74, 6) is 0.491. The highest BCUT2D eigenvalue weighted by Crippen LogP contribution is 1.99. The average Bonchev–Trinajstić information content (AvgIpc) is 2.05. The quantitative estimate of drug-likeness (QED) is 0.551. The highest BCUT2D eigenvalue weighted by atomic mass is 32.1. The SMILES string of the molecule is CN1CCN(C(=O)CS)CC1. The fraction of sp³-hybridized carbons (Fsp3) is 0.857. The minimum atomic E-state index is 0.154. The van der Waals surface area contributed by atoms with Crippen molar-refractivity contribution in [2.45, 2.75) is 0 Å². The monoisotopic (exact) mass is 174 g/mol. The molecule has 11 heavy (non-hydrogen) atoms. The number of hydrogen-bond acceptors (Lipinski definition) is 3. The summed E-state index contributed by atoms with van der Waals surface area (Å²) in [7, 11) is 2.07. The van der Waals surface area contributed by atoms with Gasteiger partial charge in [-0.1, -0.05) is 0 Å². The first-order chi connectivity index (χ1) is 5.24. The number of likely N-dealkylation sites (N-methyl/N-ethyl adjacent to an activating group) is 1. The second-order valence-electron chi connectivity index (χ2n) is 2.84. The van der Waals surface area contributed by atoms with E-state index in [1.54, 1.807) is 0 Å². The first-order valence-corrected chi connectivity index (χ1v) is 4.44. The van der Waals surface area contributed by atoms with Gasteiger partial charge < -0.3 is 9.80 Å². The zero-order chi connectivity index (χ0) is 8.27. The largest absolute Gasteiger partial charge is 0.339 e. The van der Waals surface area contributed by atoms with Gasteiger partial charge in [0, 0.05) is 26.2 Å². The predicted molar refractivity (Wildman–Crippen MR) is 47.9 cm³/mol. The molecule has 0 radical (unpaired) electrons. The number of hydrogen-bond donors (Lipinski definition) is 1. The first-order valence-electron chi connectivity index (χ1n) is 3.81. The lowest BCUT2D eigenvalue weighted by atomic mass is 10.3. The highest BCUT2D eigenvalue weighted by molar-refractivity contribution is 7.81. The molecule has 0 bridgehead atoms. The van der Waals surface area contributed by atoms with Crippen molar-refractivity contribution in [3.63, 3.8) is 0 Å². The van der Waals surface area contributed by atoms with Crippen LogP contribution in [0, 0.1) is 0 Å². The molecule has 1 aliphatic heterocycles. The third-order valence-electron chi connectivity index (χ3n) is 1.99. The van der Waals surface area contributed by atoms with Gasteiger partial charge in [0.15, 0.2) is 0 Å². The van der Waals surface area contributed by atoms with Gasteiger partial charge in [0.1, 0.15) is 0 Å². The van der Waals surface area contributed by atoms with E-state index in [-0.39, 0.29) is 5.91 Å². The van der Waals surface area contributed by atoms with Crippen molar-refractivity contribution >= 4 is 18.5 Å². The molecule has 1 aliphatic rings. The Morgan fingerprint density at radius 1 is 1.36 bits per heavy atom. The van der Waals surface area contributed by atoms with Crippen LogP contribution in [-0.2, 0) is 4.79 Å². The molecular formula is C7H14N2OS. The lowest BCUT2D eigenvalue weighted by molar-refractivity contribution is -0.129. The second-order valence-corrected chi connectivity index (χ2v) is 3.16. The molecule has 64 valence electrons. The molecule has 1 heterocycles. The van der Waals surface area contributed by atoms with Gasteiger partial charge in [-0.25, -0.2) is 0 Å². The minimum absolute atomic E-state index is 0.154. The molecule has 0 aliphatic carbocycles. The zero-order valence-corrected chi connectivity index (χ0v) is 7.68. The maximum Gasteiger partial charge on any atom is 0.232 e. The van der Waals surface area contributed by atoms with Gasteiger partial charge in [-0.2, -0.15) is 12.6 Å². The van der Waals surface area contributed by atoms with Crippen LogP contribution in [0.3, 0.4) is 0 Å². The lowest BCUT2D eigenvalue weighted by Crippen LogP contribution is -2.47. The van der Waals surface area contributed by atoms with E-state index in [0.717, 1.165) is 26.2 Å². The molecule has 0 spiro atoms. The van der Waals surface area contributed by atoms with Crippen LogP contribution in [0.25, 0.3) is 0 Å². The number of piperazine rings is 1. The van der Waals surface area contributed by atoms with Crippen molar-refractivity contribution in [1.82, 2.24) is 9.80 Å². The van der Waals surface area contributed by atoms with Gasteiger partial charge in [0.25, 0.3) is 0 Å². The normalized spacial score (nSPS) is 20.4. The van der Waals surface area contributed by atoms with E-state index in [4.69, 9.17) is 0 Å². The second kappa shape index (κ2) is 3.97. The topological polar surface area (TPSA) is 23.6 Å². The van der Waals surface area contributed by atoms with Crippen LogP contribution in [0.4, 0.5) is 0 Å². The first kappa shape index (κ1) is 8.87. The number of thiol groups is 1. The third-order valence-corrected chi connectivity index (χ3v) is 2.26. The van der Waals surface area contributed by atoms with E-state index < -0.39 is 0 Å². The van der Waals surface area contributed by atoms with Crippen molar-refractivity contribution in [3.05, 3.63) is 0 Å². The van der Waals surface area contributed by atoms with Crippen LogP contribution < -0.4 is 0 Å². The summed E-state index contributed by atoms with van der Waals surface area (Å²) >= 11 is 3.94. The highest BCUT2D eigenvalue weighted by Gasteiger charge is 2.16.